The number of pyridine rings is 1. The Bertz CT molecular complexity index is 335. The zero-order chi connectivity index (χ0) is 11.5. The minimum Gasteiger partial charge on any atom is -0.363 e. The topological polar surface area (TPSA) is 24.9 Å². The molecule has 0 atom stereocenters. The first-order valence-corrected chi connectivity index (χ1v) is 5.10. The lowest BCUT2D eigenvalue weighted by Gasteiger charge is -2.28. The lowest BCUT2D eigenvalue weighted by atomic mass is 9.95. The van der Waals surface area contributed by atoms with Crippen molar-refractivity contribution < 1.29 is 8.78 Å². The van der Waals surface area contributed by atoms with Gasteiger partial charge in [-0.1, -0.05) is 13.8 Å². The van der Waals surface area contributed by atoms with Crippen LogP contribution in [0.5, 0.6) is 0 Å². The highest BCUT2D eigenvalue weighted by Crippen LogP contribution is 2.22. The molecule has 4 heteroatoms. The van der Waals surface area contributed by atoms with Crippen molar-refractivity contribution in [2.45, 2.75) is 39.2 Å². The summed E-state index contributed by atoms with van der Waals surface area (Å²) in [5.74, 6) is -1.20. The molecule has 0 saturated carbocycles. The fourth-order valence-corrected chi connectivity index (χ4v) is 1.22. The summed E-state index contributed by atoms with van der Waals surface area (Å²) in [7, 11) is 0. The molecule has 1 N–H and O–H groups in total. The van der Waals surface area contributed by atoms with Crippen molar-refractivity contribution in [3.63, 3.8) is 0 Å². The Morgan fingerprint density at radius 2 is 1.93 bits per heavy atom. The molecular weight excluding hydrogens is 198 g/mol. The van der Waals surface area contributed by atoms with E-state index in [4.69, 9.17) is 0 Å². The number of hydrogen-bond acceptors (Lipinski definition) is 2. The lowest BCUT2D eigenvalue weighted by Crippen LogP contribution is -2.33. The van der Waals surface area contributed by atoms with Gasteiger partial charge in [-0.2, -0.15) is 0 Å². The molecule has 0 aromatic carbocycles. The summed E-state index contributed by atoms with van der Waals surface area (Å²) < 4.78 is 25.9. The van der Waals surface area contributed by atoms with Crippen LogP contribution < -0.4 is 5.32 Å². The molecule has 0 fully saturated rings. The smallest absolute Gasteiger partial charge is 0.168 e. The van der Waals surface area contributed by atoms with Crippen molar-refractivity contribution in [1.29, 1.82) is 0 Å². The normalized spacial score (nSPS) is 11.5. The molecule has 0 unspecified atom stereocenters. The van der Waals surface area contributed by atoms with Crippen LogP contribution in [-0.4, -0.2) is 10.5 Å². The summed E-state index contributed by atoms with van der Waals surface area (Å²) in [6.45, 7) is 6.01. The third kappa shape index (κ3) is 2.88. The molecule has 0 aliphatic rings. The third-order valence-electron chi connectivity index (χ3n) is 2.79. The van der Waals surface area contributed by atoms with E-state index in [0.29, 0.717) is 0 Å². The second kappa shape index (κ2) is 4.55. The Balaban J connectivity index is 2.89. The molecule has 0 radical (unpaired) electrons. The molecule has 0 amide bonds. The molecule has 1 aromatic heterocycles. The second-order valence-electron chi connectivity index (χ2n) is 3.88. The van der Waals surface area contributed by atoms with Gasteiger partial charge in [-0.3, -0.25) is 0 Å². The van der Waals surface area contributed by atoms with Crippen molar-refractivity contribution in [2.24, 2.45) is 0 Å². The zero-order valence-electron chi connectivity index (χ0n) is 9.27. The van der Waals surface area contributed by atoms with Gasteiger partial charge in [-0.25, -0.2) is 13.8 Å². The van der Waals surface area contributed by atoms with E-state index in [1.807, 2.05) is 20.8 Å². The quantitative estimate of drug-likeness (QED) is 0.831. The van der Waals surface area contributed by atoms with Gasteiger partial charge >= 0.3 is 0 Å². The summed E-state index contributed by atoms with van der Waals surface area (Å²) in [6, 6.07) is 0.834. The second-order valence-corrected chi connectivity index (χ2v) is 3.88. The fraction of sp³-hybridized carbons (Fsp3) is 0.545. The van der Waals surface area contributed by atoms with Gasteiger partial charge in [0.25, 0.3) is 0 Å². The van der Waals surface area contributed by atoms with Crippen LogP contribution in [-0.2, 0) is 0 Å². The number of halogens is 2. The maximum absolute atomic E-state index is 13.3. The monoisotopic (exact) mass is 214 g/mol. The molecule has 0 aliphatic carbocycles. The first-order chi connectivity index (χ1) is 7.00. The van der Waals surface area contributed by atoms with E-state index < -0.39 is 11.6 Å². The van der Waals surface area contributed by atoms with Gasteiger partial charge in [0.1, 0.15) is 5.82 Å². The minimum atomic E-state index is -0.659. The van der Waals surface area contributed by atoms with Crippen LogP contribution in [0.25, 0.3) is 0 Å². The Kier molecular flexibility index (Phi) is 3.61. The van der Waals surface area contributed by atoms with E-state index in [-0.39, 0.29) is 11.4 Å². The first-order valence-electron chi connectivity index (χ1n) is 5.10. The maximum atomic E-state index is 13.3. The first kappa shape index (κ1) is 11.9. The maximum Gasteiger partial charge on any atom is 0.168 e. The predicted molar refractivity (Wildman–Crippen MR) is 56.8 cm³/mol. The summed E-state index contributed by atoms with van der Waals surface area (Å²) in [4.78, 5) is 3.70. The van der Waals surface area contributed by atoms with Crippen LogP contribution in [0.2, 0.25) is 0 Å². The minimum absolute atomic E-state index is 0.114. The Morgan fingerprint density at radius 3 is 2.40 bits per heavy atom. The summed E-state index contributed by atoms with van der Waals surface area (Å²) in [5, 5.41) is 3.00. The molecule has 0 aliphatic heterocycles. The Morgan fingerprint density at radius 1 is 1.33 bits per heavy atom. The number of anilines is 1. The van der Waals surface area contributed by atoms with Crippen molar-refractivity contribution in [1.82, 2.24) is 4.98 Å². The van der Waals surface area contributed by atoms with Crippen molar-refractivity contribution in [3.8, 4) is 0 Å². The molecular formula is C11H16F2N2. The van der Waals surface area contributed by atoms with Gasteiger partial charge in [-0.05, 0) is 19.8 Å². The number of aromatic nitrogens is 1. The van der Waals surface area contributed by atoms with E-state index in [1.54, 1.807) is 0 Å². The van der Waals surface area contributed by atoms with E-state index in [0.717, 1.165) is 25.1 Å². The molecule has 1 aromatic rings. The largest absolute Gasteiger partial charge is 0.363 e. The number of nitrogens with zero attached hydrogens (tertiary/aromatic N) is 1. The SMILES string of the molecule is CCC(C)(CC)Nc1ncc(F)cc1F. The summed E-state index contributed by atoms with van der Waals surface area (Å²) in [5.41, 5.74) is -0.203. The third-order valence-corrected chi connectivity index (χ3v) is 2.79. The van der Waals surface area contributed by atoms with Crippen molar-refractivity contribution >= 4 is 5.82 Å². The van der Waals surface area contributed by atoms with Crippen molar-refractivity contribution in [2.75, 3.05) is 5.32 Å². The number of rotatable bonds is 4. The lowest BCUT2D eigenvalue weighted by molar-refractivity contribution is 0.469. The van der Waals surface area contributed by atoms with E-state index in [1.165, 1.54) is 0 Å². The molecule has 0 bridgehead atoms. The summed E-state index contributed by atoms with van der Waals surface area (Å²) in [6.07, 6.45) is 2.71. The van der Waals surface area contributed by atoms with Gasteiger partial charge in [-0.15, -0.1) is 0 Å². The number of nitrogens with one attached hydrogen (secondary N) is 1. The van der Waals surface area contributed by atoms with Crippen molar-refractivity contribution in [3.05, 3.63) is 23.9 Å². The highest BCUT2D eigenvalue weighted by Gasteiger charge is 2.21. The van der Waals surface area contributed by atoms with Gasteiger partial charge in [0, 0.05) is 11.6 Å². The Labute approximate surface area is 88.7 Å². The summed E-state index contributed by atoms with van der Waals surface area (Å²) >= 11 is 0. The average Bonchev–Trinajstić information content (AvgIpc) is 2.22. The number of hydrogen-bond donors (Lipinski definition) is 1. The van der Waals surface area contributed by atoms with Gasteiger partial charge in [0.15, 0.2) is 11.6 Å². The van der Waals surface area contributed by atoms with Gasteiger partial charge in [0.05, 0.1) is 6.20 Å². The molecule has 0 saturated heterocycles. The Hall–Kier alpha value is -1.19. The molecule has 0 spiro atoms. The molecule has 84 valence electrons. The molecule has 2 nitrogen and oxygen atoms in total. The molecule has 1 rings (SSSR count). The van der Waals surface area contributed by atoms with Crippen LogP contribution >= 0.6 is 0 Å². The zero-order valence-corrected chi connectivity index (χ0v) is 9.27. The average molecular weight is 214 g/mol. The van der Waals surface area contributed by atoms with Crippen LogP contribution in [0.15, 0.2) is 12.3 Å². The standard InChI is InChI=1S/C11H16F2N2/c1-4-11(3,5-2)15-10-9(13)6-8(12)7-14-10/h6-7H,4-5H2,1-3H3,(H,14,15). The van der Waals surface area contributed by atoms with Crippen LogP contribution in [0, 0.1) is 11.6 Å². The molecule has 1 heterocycles. The molecule has 15 heavy (non-hydrogen) atoms. The highest BCUT2D eigenvalue weighted by molar-refractivity contribution is 5.38. The van der Waals surface area contributed by atoms with Gasteiger partial charge < -0.3 is 5.32 Å². The van der Waals surface area contributed by atoms with Crippen LogP contribution in [0.3, 0.4) is 0 Å². The fourth-order valence-electron chi connectivity index (χ4n) is 1.22. The van der Waals surface area contributed by atoms with Crippen LogP contribution in [0.1, 0.15) is 33.6 Å². The van der Waals surface area contributed by atoms with Gasteiger partial charge in [0.2, 0.25) is 0 Å². The van der Waals surface area contributed by atoms with E-state index >= 15 is 0 Å². The van der Waals surface area contributed by atoms with Crippen LogP contribution in [0.4, 0.5) is 14.6 Å². The highest BCUT2D eigenvalue weighted by atomic mass is 19.1. The van der Waals surface area contributed by atoms with E-state index in [9.17, 15) is 8.78 Å². The predicted octanol–water partition coefficient (Wildman–Crippen LogP) is 3.35. The van der Waals surface area contributed by atoms with E-state index in [2.05, 4.69) is 10.3 Å².